The van der Waals surface area contributed by atoms with Crippen LogP contribution in [0.4, 0.5) is 0 Å². The van der Waals surface area contributed by atoms with Crippen LogP contribution in [0.1, 0.15) is 5.56 Å². The van der Waals surface area contributed by atoms with Crippen molar-refractivity contribution in [2.24, 2.45) is 0 Å². The van der Waals surface area contributed by atoms with Crippen LogP contribution in [0.25, 0.3) is 0 Å². The first-order chi connectivity index (χ1) is 7.61. The number of halogens is 2. The van der Waals surface area contributed by atoms with Crippen LogP contribution in [0.3, 0.4) is 0 Å². The van der Waals surface area contributed by atoms with Gasteiger partial charge in [0.25, 0.3) is 0 Å². The summed E-state index contributed by atoms with van der Waals surface area (Å²) in [6, 6.07) is 8.30. The van der Waals surface area contributed by atoms with E-state index in [9.17, 15) is 0 Å². The van der Waals surface area contributed by atoms with E-state index in [2.05, 4.69) is 40.0 Å². The van der Waals surface area contributed by atoms with Crippen molar-refractivity contribution in [3.05, 3.63) is 34.3 Å². The first kappa shape index (κ1) is 14.0. The summed E-state index contributed by atoms with van der Waals surface area (Å²) < 4.78 is 6.12. The van der Waals surface area contributed by atoms with Crippen molar-refractivity contribution >= 4 is 27.5 Å². The second kappa shape index (κ2) is 7.28. The molecule has 1 unspecified atom stereocenters. The molecule has 0 saturated heterocycles. The monoisotopic (exact) mass is 305 g/mol. The Morgan fingerprint density at radius 1 is 1.50 bits per heavy atom. The molecule has 0 saturated carbocycles. The minimum atomic E-state index is 0.0437. The Hall–Kier alpha value is -0.0900. The Morgan fingerprint density at radius 3 is 2.88 bits per heavy atom. The fourth-order valence-electron chi connectivity index (χ4n) is 1.58. The van der Waals surface area contributed by atoms with Gasteiger partial charge in [0.2, 0.25) is 0 Å². The van der Waals surface area contributed by atoms with Crippen LogP contribution in [0, 0.1) is 0 Å². The fraction of sp³-hybridized carbons (Fsp3) is 0.500. The number of methoxy groups -OCH3 is 1. The molecule has 90 valence electrons. The summed E-state index contributed by atoms with van der Waals surface area (Å²) in [5, 5.41) is 0.0437. The van der Waals surface area contributed by atoms with Crippen LogP contribution in [-0.4, -0.2) is 37.6 Å². The summed E-state index contributed by atoms with van der Waals surface area (Å²) in [5.74, 6) is 0. The summed E-state index contributed by atoms with van der Waals surface area (Å²) in [4.78, 5) is 2.19. The van der Waals surface area contributed by atoms with E-state index >= 15 is 0 Å². The molecule has 0 amide bonds. The standard InChI is InChI=1S/C12H17BrClNO/c1-15(8-12(14)9-16-2)7-10-4-3-5-11(13)6-10/h3-6,12H,7-9H2,1-2H3. The number of hydrogen-bond donors (Lipinski definition) is 0. The van der Waals surface area contributed by atoms with Crippen LogP contribution >= 0.6 is 27.5 Å². The van der Waals surface area contributed by atoms with Gasteiger partial charge < -0.3 is 9.64 Å². The van der Waals surface area contributed by atoms with Crippen molar-refractivity contribution in [2.45, 2.75) is 11.9 Å². The molecule has 0 aliphatic carbocycles. The first-order valence-corrected chi connectivity index (χ1v) is 6.40. The molecule has 1 aromatic rings. The third-order valence-electron chi connectivity index (χ3n) is 2.20. The molecule has 0 bridgehead atoms. The lowest BCUT2D eigenvalue weighted by Crippen LogP contribution is -2.28. The van der Waals surface area contributed by atoms with E-state index in [1.54, 1.807) is 7.11 Å². The molecule has 1 rings (SSSR count). The zero-order valence-corrected chi connectivity index (χ0v) is 12.0. The maximum absolute atomic E-state index is 6.10. The Morgan fingerprint density at radius 2 is 2.25 bits per heavy atom. The van der Waals surface area contributed by atoms with Crippen LogP contribution in [0.2, 0.25) is 0 Å². The lowest BCUT2D eigenvalue weighted by Gasteiger charge is -2.19. The normalized spacial score (nSPS) is 13.1. The summed E-state index contributed by atoms with van der Waals surface area (Å²) in [6.45, 7) is 2.30. The number of hydrogen-bond acceptors (Lipinski definition) is 2. The van der Waals surface area contributed by atoms with E-state index in [-0.39, 0.29) is 5.38 Å². The lowest BCUT2D eigenvalue weighted by molar-refractivity contribution is 0.181. The highest BCUT2D eigenvalue weighted by molar-refractivity contribution is 9.10. The van der Waals surface area contributed by atoms with Crippen LogP contribution in [0.5, 0.6) is 0 Å². The molecule has 0 fully saturated rings. The van der Waals surface area contributed by atoms with Gasteiger partial charge in [0.05, 0.1) is 12.0 Å². The van der Waals surface area contributed by atoms with E-state index < -0.39 is 0 Å². The average molecular weight is 307 g/mol. The molecule has 0 spiro atoms. The number of nitrogens with zero attached hydrogens (tertiary/aromatic N) is 1. The van der Waals surface area contributed by atoms with Gasteiger partial charge in [-0.15, -0.1) is 11.6 Å². The highest BCUT2D eigenvalue weighted by Gasteiger charge is 2.08. The lowest BCUT2D eigenvalue weighted by atomic mass is 10.2. The minimum absolute atomic E-state index is 0.0437. The average Bonchev–Trinajstić information content (AvgIpc) is 2.17. The Balaban J connectivity index is 2.42. The molecule has 0 N–H and O–H groups in total. The molecule has 0 aromatic heterocycles. The molecular weight excluding hydrogens is 289 g/mol. The van der Waals surface area contributed by atoms with Crippen LogP contribution in [-0.2, 0) is 11.3 Å². The van der Waals surface area contributed by atoms with Crippen molar-refractivity contribution in [2.75, 3.05) is 27.3 Å². The third kappa shape index (κ3) is 5.30. The summed E-state index contributed by atoms with van der Waals surface area (Å²) in [7, 11) is 3.73. The second-order valence-corrected chi connectivity index (χ2v) is 5.41. The molecule has 2 nitrogen and oxygen atoms in total. The zero-order valence-electron chi connectivity index (χ0n) is 9.62. The van der Waals surface area contributed by atoms with Crippen molar-refractivity contribution in [1.29, 1.82) is 0 Å². The maximum Gasteiger partial charge on any atom is 0.0696 e. The van der Waals surface area contributed by atoms with Crippen molar-refractivity contribution in [3.63, 3.8) is 0 Å². The summed E-state index contributed by atoms with van der Waals surface area (Å²) in [5.41, 5.74) is 1.28. The number of rotatable bonds is 6. The smallest absolute Gasteiger partial charge is 0.0696 e. The third-order valence-corrected chi connectivity index (χ3v) is 2.96. The molecule has 0 heterocycles. The van der Waals surface area contributed by atoms with E-state index in [0.717, 1.165) is 17.6 Å². The molecule has 1 atom stereocenters. The van der Waals surface area contributed by atoms with Gasteiger partial charge in [-0.3, -0.25) is 0 Å². The van der Waals surface area contributed by atoms with Crippen molar-refractivity contribution < 1.29 is 4.74 Å². The predicted molar refractivity (Wildman–Crippen MR) is 72.0 cm³/mol. The maximum atomic E-state index is 6.10. The van der Waals surface area contributed by atoms with Crippen molar-refractivity contribution in [3.8, 4) is 0 Å². The summed E-state index contributed by atoms with van der Waals surface area (Å²) in [6.07, 6.45) is 0. The Kier molecular flexibility index (Phi) is 6.36. The van der Waals surface area contributed by atoms with Crippen molar-refractivity contribution in [1.82, 2.24) is 4.90 Å². The minimum Gasteiger partial charge on any atom is -0.383 e. The van der Waals surface area contributed by atoms with Gasteiger partial charge in [-0.05, 0) is 24.7 Å². The van der Waals surface area contributed by atoms with E-state index in [1.807, 2.05) is 12.1 Å². The van der Waals surface area contributed by atoms with Crippen LogP contribution < -0.4 is 0 Å². The predicted octanol–water partition coefficient (Wildman–Crippen LogP) is 3.13. The molecular formula is C12H17BrClNO. The van der Waals surface area contributed by atoms with Gasteiger partial charge in [0.1, 0.15) is 0 Å². The van der Waals surface area contributed by atoms with Gasteiger partial charge in [-0.25, -0.2) is 0 Å². The molecule has 1 aromatic carbocycles. The molecule has 0 aliphatic heterocycles. The molecule has 4 heteroatoms. The fourth-order valence-corrected chi connectivity index (χ4v) is 2.39. The number of benzene rings is 1. The SMILES string of the molecule is COCC(Cl)CN(C)Cc1cccc(Br)c1. The van der Waals surface area contributed by atoms with Gasteiger partial charge >= 0.3 is 0 Å². The zero-order chi connectivity index (χ0) is 12.0. The quantitative estimate of drug-likeness (QED) is 0.749. The second-order valence-electron chi connectivity index (χ2n) is 3.88. The summed E-state index contributed by atoms with van der Waals surface area (Å²) >= 11 is 9.56. The Bertz CT molecular complexity index is 322. The molecule has 0 radical (unpaired) electrons. The molecule has 0 aliphatic rings. The number of alkyl halides is 1. The topological polar surface area (TPSA) is 12.5 Å². The first-order valence-electron chi connectivity index (χ1n) is 5.18. The van der Waals surface area contributed by atoms with Crippen LogP contribution in [0.15, 0.2) is 28.7 Å². The van der Waals surface area contributed by atoms with Gasteiger partial charge in [-0.1, -0.05) is 28.1 Å². The highest BCUT2D eigenvalue weighted by atomic mass is 79.9. The highest BCUT2D eigenvalue weighted by Crippen LogP contribution is 2.13. The number of ether oxygens (including phenoxy) is 1. The molecule has 16 heavy (non-hydrogen) atoms. The van der Waals surface area contributed by atoms with Gasteiger partial charge in [0, 0.05) is 24.7 Å². The van der Waals surface area contributed by atoms with E-state index in [0.29, 0.717) is 6.61 Å². The Labute approximate surface area is 111 Å². The van der Waals surface area contributed by atoms with E-state index in [1.165, 1.54) is 5.56 Å². The van der Waals surface area contributed by atoms with Gasteiger partial charge in [0.15, 0.2) is 0 Å². The largest absolute Gasteiger partial charge is 0.383 e. The van der Waals surface area contributed by atoms with Gasteiger partial charge in [-0.2, -0.15) is 0 Å². The van der Waals surface area contributed by atoms with E-state index in [4.69, 9.17) is 16.3 Å².